The van der Waals surface area contributed by atoms with Crippen molar-refractivity contribution in [2.75, 3.05) is 19.8 Å². The van der Waals surface area contributed by atoms with E-state index in [2.05, 4.69) is 5.32 Å². The van der Waals surface area contributed by atoms with Gasteiger partial charge >= 0.3 is 5.97 Å². The monoisotopic (exact) mass is 854 g/mol. The van der Waals surface area contributed by atoms with Crippen LogP contribution in [-0.4, -0.2) is 196 Å². The summed E-state index contributed by atoms with van der Waals surface area (Å²) in [6.07, 6.45) is -24.4. The van der Waals surface area contributed by atoms with Crippen LogP contribution >= 0.6 is 11.8 Å². The molecule has 3 saturated heterocycles. The van der Waals surface area contributed by atoms with Gasteiger partial charge in [-0.25, -0.2) is 4.79 Å². The third-order valence-electron chi connectivity index (χ3n) is 10.6. The number of carboxylic acid groups (broad SMARTS) is 1. The summed E-state index contributed by atoms with van der Waals surface area (Å²) in [5, 5.41) is 110. The highest BCUT2D eigenvalue weighted by atomic mass is 32.2. The number of fused-ring (bicyclic) bond motifs is 1. The number of rotatable bonds is 14. The van der Waals surface area contributed by atoms with E-state index in [-0.39, 0.29) is 11.1 Å². The number of thioether (sulfide) groups is 1. The van der Waals surface area contributed by atoms with Gasteiger partial charge in [0.2, 0.25) is 5.91 Å². The number of carbonyl (C=O) groups is 4. The first-order valence-electron chi connectivity index (χ1n) is 18.5. The standard InChI is InChI=1S/C37H46N2O19S/c1-15(43)38-23-19(44)11-37(36(52)53,57-30(23)25(46)20(45)12-40)58-31-26(47)21(13-41)54-34(28(31)49)56-29-22(14-42)55-35(59-16-7-3-2-4-8-16)24(27(29)48)39-32(50)17-9-5-6-10-18(17)33(39)51/h2-10,19-31,34-35,40-42,44-49H,11-14H2,1H3,(H,38,43)(H,52,53)/t19-,20+,21+,22+,23+,24+,25+,26-,27+,28+,29+,30+,31-,34-,35-,37-/m0/s1. The van der Waals surface area contributed by atoms with E-state index < -0.39 is 147 Å². The van der Waals surface area contributed by atoms with Gasteiger partial charge in [0.05, 0.1) is 43.1 Å². The van der Waals surface area contributed by atoms with E-state index in [1.807, 2.05) is 0 Å². The van der Waals surface area contributed by atoms with Crippen LogP contribution in [0.2, 0.25) is 0 Å². The predicted octanol–water partition coefficient (Wildman–Crippen LogP) is -4.12. The number of hydrogen-bond donors (Lipinski definition) is 11. The lowest BCUT2D eigenvalue weighted by Gasteiger charge is -2.51. The van der Waals surface area contributed by atoms with E-state index in [1.165, 1.54) is 12.1 Å². The summed E-state index contributed by atoms with van der Waals surface area (Å²) >= 11 is 1.03. The Morgan fingerprint density at radius 1 is 0.881 bits per heavy atom. The lowest BCUT2D eigenvalue weighted by Crippen LogP contribution is -2.71. The Bertz CT molecular complexity index is 1790. The number of carboxylic acids is 1. The predicted molar refractivity (Wildman–Crippen MR) is 195 cm³/mol. The van der Waals surface area contributed by atoms with Crippen LogP contribution in [0, 0.1) is 0 Å². The van der Waals surface area contributed by atoms with Crippen LogP contribution < -0.4 is 5.32 Å². The Balaban J connectivity index is 1.32. The summed E-state index contributed by atoms with van der Waals surface area (Å²) in [6, 6.07) is 11.5. The molecule has 4 aliphatic heterocycles. The van der Waals surface area contributed by atoms with E-state index in [4.69, 9.17) is 23.7 Å². The lowest BCUT2D eigenvalue weighted by atomic mass is 9.88. The smallest absolute Gasteiger partial charge is 0.364 e. The molecule has 0 radical (unpaired) electrons. The zero-order valence-electron chi connectivity index (χ0n) is 31.2. The molecule has 4 heterocycles. The number of carbonyl (C=O) groups excluding carboxylic acids is 3. The minimum atomic E-state index is -3.08. The highest BCUT2D eigenvalue weighted by molar-refractivity contribution is 7.99. The molecule has 16 atom stereocenters. The van der Waals surface area contributed by atoms with Crippen molar-refractivity contribution in [3.8, 4) is 0 Å². The molecule has 2 aromatic rings. The van der Waals surface area contributed by atoms with Crippen LogP contribution in [-0.2, 0) is 33.3 Å². The molecular formula is C37H46N2O19S. The Kier molecular flexibility index (Phi) is 14.1. The van der Waals surface area contributed by atoms with Gasteiger partial charge in [0.1, 0.15) is 72.5 Å². The molecule has 0 spiro atoms. The van der Waals surface area contributed by atoms with Gasteiger partial charge in [0.25, 0.3) is 17.6 Å². The molecule has 21 nitrogen and oxygen atoms in total. The summed E-state index contributed by atoms with van der Waals surface area (Å²) in [5.74, 6) is -7.37. The third kappa shape index (κ3) is 8.75. The van der Waals surface area contributed by atoms with Crippen molar-refractivity contribution in [2.24, 2.45) is 0 Å². The molecule has 0 saturated carbocycles. The Morgan fingerprint density at radius 2 is 1.49 bits per heavy atom. The molecule has 3 fully saturated rings. The van der Waals surface area contributed by atoms with Crippen LogP contribution in [0.4, 0.5) is 0 Å². The number of aliphatic hydroxyl groups is 9. The fourth-order valence-corrected chi connectivity index (χ4v) is 8.84. The minimum absolute atomic E-state index is 0.0483. The fourth-order valence-electron chi connectivity index (χ4n) is 7.63. The van der Waals surface area contributed by atoms with Crippen LogP contribution in [0.3, 0.4) is 0 Å². The number of nitrogens with zero attached hydrogens (tertiary/aromatic N) is 1. The van der Waals surface area contributed by atoms with Crippen molar-refractivity contribution >= 4 is 35.5 Å². The van der Waals surface area contributed by atoms with Gasteiger partial charge in [-0.15, -0.1) is 0 Å². The second-order valence-corrected chi connectivity index (χ2v) is 15.6. The number of aliphatic carboxylic acids is 1. The second-order valence-electron chi connectivity index (χ2n) is 14.4. The van der Waals surface area contributed by atoms with Gasteiger partial charge in [-0.2, -0.15) is 0 Å². The molecule has 2 aromatic carbocycles. The van der Waals surface area contributed by atoms with E-state index in [0.717, 1.165) is 23.6 Å². The van der Waals surface area contributed by atoms with E-state index >= 15 is 0 Å². The number of aliphatic hydroxyl groups excluding tert-OH is 9. The van der Waals surface area contributed by atoms with Crippen molar-refractivity contribution in [1.82, 2.24) is 10.2 Å². The average Bonchev–Trinajstić information content (AvgIpc) is 3.46. The summed E-state index contributed by atoms with van der Waals surface area (Å²) in [4.78, 5) is 53.8. The Hall–Kier alpha value is -3.69. The number of hydrogen-bond acceptors (Lipinski definition) is 19. The maximum Gasteiger partial charge on any atom is 0.364 e. The highest BCUT2D eigenvalue weighted by Gasteiger charge is 2.61. The fraction of sp³-hybridized carbons (Fsp3) is 0.568. The van der Waals surface area contributed by atoms with Gasteiger partial charge < -0.3 is 80.1 Å². The second kappa shape index (κ2) is 18.5. The van der Waals surface area contributed by atoms with E-state index in [1.54, 1.807) is 42.5 Å². The maximum atomic E-state index is 13.8. The molecule has 0 aromatic heterocycles. The molecular weight excluding hydrogens is 808 g/mol. The largest absolute Gasteiger partial charge is 0.477 e. The summed E-state index contributed by atoms with van der Waals surface area (Å²) in [6.45, 7) is -1.88. The molecule has 0 aliphatic carbocycles. The molecule has 324 valence electrons. The van der Waals surface area contributed by atoms with Crippen molar-refractivity contribution in [1.29, 1.82) is 0 Å². The van der Waals surface area contributed by atoms with Crippen LogP contribution in [0.5, 0.6) is 0 Å². The number of nitrogens with one attached hydrogen (secondary N) is 1. The van der Waals surface area contributed by atoms with Crippen molar-refractivity contribution in [3.05, 3.63) is 65.7 Å². The molecule has 11 N–H and O–H groups in total. The number of amides is 3. The van der Waals surface area contributed by atoms with Gasteiger partial charge in [-0.3, -0.25) is 19.3 Å². The van der Waals surface area contributed by atoms with E-state index in [0.29, 0.717) is 4.90 Å². The molecule has 3 amide bonds. The number of ether oxygens (including phenoxy) is 5. The Labute approximate surface area is 339 Å². The van der Waals surface area contributed by atoms with E-state index in [9.17, 15) is 70.2 Å². The van der Waals surface area contributed by atoms with Crippen LogP contribution in [0.25, 0.3) is 0 Å². The van der Waals surface area contributed by atoms with Gasteiger partial charge in [0, 0.05) is 18.2 Å². The summed E-state index contributed by atoms with van der Waals surface area (Å²) < 4.78 is 29.2. The zero-order chi connectivity index (χ0) is 42.9. The zero-order valence-corrected chi connectivity index (χ0v) is 32.0. The molecule has 4 aliphatic rings. The molecule has 0 unspecified atom stereocenters. The normalized spacial score (nSPS) is 37.1. The van der Waals surface area contributed by atoms with Gasteiger partial charge in [-0.1, -0.05) is 42.1 Å². The first-order chi connectivity index (χ1) is 28.1. The van der Waals surface area contributed by atoms with Crippen LogP contribution in [0.15, 0.2) is 59.5 Å². The van der Waals surface area contributed by atoms with Crippen molar-refractivity contribution < 1.29 is 93.9 Å². The first kappa shape index (κ1) is 44.9. The highest BCUT2D eigenvalue weighted by Crippen LogP contribution is 2.42. The van der Waals surface area contributed by atoms with Gasteiger partial charge in [0.15, 0.2) is 6.29 Å². The molecule has 6 rings (SSSR count). The third-order valence-corrected chi connectivity index (χ3v) is 11.7. The molecule has 22 heteroatoms. The molecule has 59 heavy (non-hydrogen) atoms. The van der Waals surface area contributed by atoms with Gasteiger partial charge in [-0.05, 0) is 24.3 Å². The number of benzene rings is 2. The van der Waals surface area contributed by atoms with Crippen molar-refractivity contribution in [2.45, 2.75) is 115 Å². The summed E-state index contributed by atoms with van der Waals surface area (Å²) in [7, 11) is 0. The minimum Gasteiger partial charge on any atom is -0.477 e. The molecule has 0 bridgehead atoms. The van der Waals surface area contributed by atoms with Crippen molar-refractivity contribution in [3.63, 3.8) is 0 Å². The Morgan fingerprint density at radius 3 is 2.05 bits per heavy atom. The summed E-state index contributed by atoms with van der Waals surface area (Å²) in [5.41, 5.74) is -1.12. The quantitative estimate of drug-likeness (QED) is 0.0804. The SMILES string of the molecule is CC(=O)N[C@H]1[C@H]([C@H](O)[C@H](O)CO)O[C@@](O[C@H]2[C@@H](O)[C@@H](CO)O[C@@H](O[C@H]3[C@H](O)[C@@H](N4C(=O)c5ccccc5C4=O)[C@H](Sc4ccccc4)O[C@@H]3CO)[C@@H]2O)(C(=O)O)C[C@@H]1O. The maximum absolute atomic E-state index is 13.8. The average molecular weight is 855 g/mol. The topological polar surface area (TPSA) is 332 Å². The lowest BCUT2D eigenvalue weighted by molar-refractivity contribution is -0.379. The van der Waals surface area contributed by atoms with Crippen LogP contribution in [0.1, 0.15) is 34.1 Å². The first-order valence-corrected chi connectivity index (χ1v) is 19.4. The number of imide groups is 1.